The van der Waals surface area contributed by atoms with Gasteiger partial charge in [0.05, 0.1) is 25.0 Å². The van der Waals surface area contributed by atoms with E-state index in [2.05, 4.69) is 10.3 Å². The normalized spacial score (nSPS) is 18.1. The molecule has 2 atom stereocenters. The molecule has 1 aliphatic heterocycles. The van der Waals surface area contributed by atoms with Crippen LogP contribution in [-0.2, 0) is 9.47 Å². The van der Waals surface area contributed by atoms with E-state index in [0.717, 1.165) is 29.8 Å². The van der Waals surface area contributed by atoms with E-state index in [4.69, 9.17) is 9.47 Å². The number of nitrogens with zero attached hydrogens (tertiary/aromatic N) is 1. The number of benzene rings is 1. The van der Waals surface area contributed by atoms with Gasteiger partial charge in [0, 0.05) is 30.0 Å². The van der Waals surface area contributed by atoms with Crippen molar-refractivity contribution in [1.82, 2.24) is 10.3 Å². The van der Waals surface area contributed by atoms with Gasteiger partial charge in [-0.3, -0.25) is 9.78 Å². The lowest BCUT2D eigenvalue weighted by atomic mass is 9.99. The Labute approximate surface area is 148 Å². The van der Waals surface area contributed by atoms with Crippen LogP contribution >= 0.6 is 0 Å². The summed E-state index contributed by atoms with van der Waals surface area (Å²) in [5.41, 5.74) is 3.43. The molecular formula is C20H24N2O3. The molecule has 1 aromatic heterocycles. The number of hydrogen-bond acceptors (Lipinski definition) is 4. The van der Waals surface area contributed by atoms with Gasteiger partial charge in [-0.05, 0) is 44.0 Å². The van der Waals surface area contributed by atoms with Gasteiger partial charge in [-0.25, -0.2) is 0 Å². The Morgan fingerprint density at radius 3 is 2.96 bits per heavy atom. The molecule has 0 aliphatic carbocycles. The standard InChI is InChI=1S/C20H24N2O3/c1-14(12-25-16-9-11-24-13-16)22-20(23)18-7-5-6-17(15(18)2)19-8-3-4-10-21-19/h3-8,10,14,16H,9,11-13H2,1-2H3,(H,22,23)/t14-,16-/m0/s1. The Morgan fingerprint density at radius 2 is 2.24 bits per heavy atom. The SMILES string of the molecule is Cc1c(C(=O)N[C@@H](C)CO[C@H]2CCOC2)cccc1-c1ccccn1. The molecule has 0 bridgehead atoms. The maximum absolute atomic E-state index is 12.6. The van der Waals surface area contributed by atoms with Crippen molar-refractivity contribution < 1.29 is 14.3 Å². The highest BCUT2D eigenvalue weighted by Gasteiger charge is 2.19. The Balaban J connectivity index is 1.65. The monoisotopic (exact) mass is 340 g/mol. The van der Waals surface area contributed by atoms with Crippen LogP contribution in [0.4, 0.5) is 0 Å². The van der Waals surface area contributed by atoms with Crippen LogP contribution in [0.3, 0.4) is 0 Å². The third-order valence-corrected chi connectivity index (χ3v) is 4.37. The predicted octanol–water partition coefficient (Wildman–Crippen LogP) is 2.98. The first-order valence-corrected chi connectivity index (χ1v) is 8.66. The van der Waals surface area contributed by atoms with Crippen molar-refractivity contribution >= 4 is 5.91 Å². The Hall–Kier alpha value is -2.24. The molecule has 0 radical (unpaired) electrons. The summed E-state index contributed by atoms with van der Waals surface area (Å²) in [6.07, 6.45) is 2.83. The summed E-state index contributed by atoms with van der Waals surface area (Å²) in [5.74, 6) is -0.0888. The van der Waals surface area contributed by atoms with Crippen LogP contribution in [0.15, 0.2) is 42.6 Å². The number of nitrogens with one attached hydrogen (secondary N) is 1. The zero-order valence-corrected chi connectivity index (χ0v) is 14.7. The molecule has 1 amide bonds. The third kappa shape index (κ3) is 4.44. The van der Waals surface area contributed by atoms with Gasteiger partial charge in [-0.15, -0.1) is 0 Å². The van der Waals surface area contributed by atoms with Crippen LogP contribution in [0.5, 0.6) is 0 Å². The number of rotatable bonds is 6. The van der Waals surface area contributed by atoms with Crippen molar-refractivity contribution in [2.75, 3.05) is 19.8 Å². The highest BCUT2D eigenvalue weighted by Crippen LogP contribution is 2.23. The lowest BCUT2D eigenvalue weighted by molar-refractivity contribution is 0.0318. The molecule has 0 spiro atoms. The number of carbonyl (C=O) groups is 1. The number of carbonyl (C=O) groups excluding carboxylic acids is 1. The summed E-state index contributed by atoms with van der Waals surface area (Å²) in [6, 6.07) is 11.4. The average Bonchev–Trinajstić information content (AvgIpc) is 3.14. The van der Waals surface area contributed by atoms with E-state index >= 15 is 0 Å². The first-order valence-electron chi connectivity index (χ1n) is 8.66. The van der Waals surface area contributed by atoms with E-state index in [0.29, 0.717) is 18.8 Å². The highest BCUT2D eigenvalue weighted by atomic mass is 16.5. The second-order valence-electron chi connectivity index (χ2n) is 6.39. The number of ether oxygens (including phenoxy) is 2. The van der Waals surface area contributed by atoms with Gasteiger partial charge < -0.3 is 14.8 Å². The maximum Gasteiger partial charge on any atom is 0.251 e. The lowest BCUT2D eigenvalue weighted by Gasteiger charge is -2.18. The third-order valence-electron chi connectivity index (χ3n) is 4.37. The molecule has 1 saturated heterocycles. The topological polar surface area (TPSA) is 60.5 Å². The Bertz CT molecular complexity index is 712. The van der Waals surface area contributed by atoms with Crippen molar-refractivity contribution in [3.05, 3.63) is 53.7 Å². The van der Waals surface area contributed by atoms with E-state index in [1.165, 1.54) is 0 Å². The molecule has 1 aliphatic rings. The molecule has 0 saturated carbocycles. The molecule has 0 unspecified atom stereocenters. The quantitative estimate of drug-likeness (QED) is 0.878. The van der Waals surface area contributed by atoms with E-state index in [1.54, 1.807) is 6.20 Å². The van der Waals surface area contributed by atoms with E-state index in [9.17, 15) is 4.79 Å². The number of hydrogen-bond donors (Lipinski definition) is 1. The molecule has 25 heavy (non-hydrogen) atoms. The smallest absolute Gasteiger partial charge is 0.251 e. The molecule has 1 aromatic carbocycles. The summed E-state index contributed by atoms with van der Waals surface area (Å²) in [5, 5.41) is 3.01. The van der Waals surface area contributed by atoms with Gasteiger partial charge in [-0.1, -0.05) is 18.2 Å². The minimum Gasteiger partial charge on any atom is -0.379 e. The fourth-order valence-electron chi connectivity index (χ4n) is 2.95. The molecule has 5 heteroatoms. The summed E-state index contributed by atoms with van der Waals surface area (Å²) in [7, 11) is 0. The molecule has 132 valence electrons. The second kappa shape index (κ2) is 8.23. The van der Waals surface area contributed by atoms with Crippen LogP contribution < -0.4 is 5.32 Å². The van der Waals surface area contributed by atoms with Gasteiger partial charge in [0.15, 0.2) is 0 Å². The molecule has 1 fully saturated rings. The average molecular weight is 340 g/mol. The highest BCUT2D eigenvalue weighted by molar-refractivity contribution is 5.97. The summed E-state index contributed by atoms with van der Waals surface area (Å²) in [6.45, 7) is 5.79. The fraction of sp³-hybridized carbons (Fsp3) is 0.400. The first-order chi connectivity index (χ1) is 12.1. The van der Waals surface area contributed by atoms with Crippen LogP contribution in [0.2, 0.25) is 0 Å². The van der Waals surface area contributed by atoms with Gasteiger partial charge in [0.1, 0.15) is 0 Å². The van der Waals surface area contributed by atoms with Gasteiger partial charge >= 0.3 is 0 Å². The lowest BCUT2D eigenvalue weighted by Crippen LogP contribution is -2.37. The minimum absolute atomic E-state index is 0.0639. The van der Waals surface area contributed by atoms with Gasteiger partial charge in [-0.2, -0.15) is 0 Å². The molecule has 3 rings (SSSR count). The van der Waals surface area contributed by atoms with E-state index in [1.807, 2.05) is 50.2 Å². The fourth-order valence-corrected chi connectivity index (χ4v) is 2.95. The Kier molecular flexibility index (Phi) is 5.79. The van der Waals surface area contributed by atoms with Crippen molar-refractivity contribution in [2.45, 2.75) is 32.4 Å². The van der Waals surface area contributed by atoms with Crippen molar-refractivity contribution in [3.8, 4) is 11.3 Å². The van der Waals surface area contributed by atoms with E-state index < -0.39 is 0 Å². The van der Waals surface area contributed by atoms with Crippen molar-refractivity contribution in [2.24, 2.45) is 0 Å². The summed E-state index contributed by atoms with van der Waals surface area (Å²) in [4.78, 5) is 17.0. The van der Waals surface area contributed by atoms with Crippen molar-refractivity contribution in [3.63, 3.8) is 0 Å². The van der Waals surface area contributed by atoms with Crippen LogP contribution in [-0.4, -0.2) is 42.9 Å². The van der Waals surface area contributed by atoms with Crippen LogP contribution in [0.25, 0.3) is 11.3 Å². The molecule has 2 aromatic rings. The van der Waals surface area contributed by atoms with Crippen molar-refractivity contribution in [1.29, 1.82) is 0 Å². The zero-order valence-electron chi connectivity index (χ0n) is 14.7. The Morgan fingerprint density at radius 1 is 1.36 bits per heavy atom. The summed E-state index contributed by atoms with van der Waals surface area (Å²) < 4.78 is 11.1. The minimum atomic E-state index is -0.0888. The first kappa shape index (κ1) is 17.6. The zero-order chi connectivity index (χ0) is 17.6. The predicted molar refractivity (Wildman–Crippen MR) is 96.5 cm³/mol. The molecular weight excluding hydrogens is 316 g/mol. The molecule has 5 nitrogen and oxygen atoms in total. The van der Waals surface area contributed by atoms with Crippen LogP contribution in [0.1, 0.15) is 29.3 Å². The largest absolute Gasteiger partial charge is 0.379 e. The molecule has 2 heterocycles. The maximum atomic E-state index is 12.6. The van der Waals surface area contributed by atoms with Crippen LogP contribution in [0, 0.1) is 6.92 Å². The van der Waals surface area contributed by atoms with E-state index in [-0.39, 0.29) is 18.1 Å². The molecule has 1 N–H and O–H groups in total. The van der Waals surface area contributed by atoms with Gasteiger partial charge in [0.25, 0.3) is 5.91 Å². The van der Waals surface area contributed by atoms with Gasteiger partial charge in [0.2, 0.25) is 0 Å². The second-order valence-corrected chi connectivity index (χ2v) is 6.39. The number of aromatic nitrogens is 1. The number of pyridine rings is 1. The number of amides is 1. The summed E-state index contributed by atoms with van der Waals surface area (Å²) >= 11 is 0.